The minimum absolute atomic E-state index is 0.656. The van der Waals surface area contributed by atoms with E-state index in [9.17, 15) is 0 Å². The molecule has 0 bridgehead atoms. The van der Waals surface area contributed by atoms with E-state index < -0.39 is 0 Å². The maximum Gasteiger partial charge on any atom is -0.0187 e. The number of rotatable bonds is 4. The molecule has 0 aliphatic heterocycles. The molecule has 80 valence electrons. The van der Waals surface area contributed by atoms with Crippen LogP contribution in [0.15, 0.2) is 36.4 Å². The van der Waals surface area contributed by atoms with E-state index in [1.54, 1.807) is 0 Å². The molecule has 0 fully saturated rings. The Balaban J connectivity index is 2.88. The normalized spacial score (nSPS) is 13.8. The quantitative estimate of drug-likeness (QED) is 0.656. The van der Waals surface area contributed by atoms with Crippen molar-refractivity contribution in [2.45, 2.75) is 27.2 Å². The summed E-state index contributed by atoms with van der Waals surface area (Å²) in [6, 6.07) is 8.48. The summed E-state index contributed by atoms with van der Waals surface area (Å²) in [7, 11) is 0. The number of hydrogen-bond donors (Lipinski definition) is 0. The molecule has 1 unspecified atom stereocenters. The predicted molar refractivity (Wildman–Crippen MR) is 69.6 cm³/mol. The van der Waals surface area contributed by atoms with Gasteiger partial charge >= 0.3 is 0 Å². The molecule has 0 N–H and O–H groups in total. The smallest absolute Gasteiger partial charge is 0.0187 e. The number of hydrogen-bond acceptors (Lipinski definition) is 0. The van der Waals surface area contributed by atoms with Gasteiger partial charge in [0.05, 0.1) is 0 Å². The van der Waals surface area contributed by atoms with Gasteiger partial charge in [-0.1, -0.05) is 68.8 Å². The molecule has 0 saturated heterocycles. The third-order valence-corrected chi connectivity index (χ3v) is 2.59. The van der Waals surface area contributed by atoms with Crippen molar-refractivity contribution in [1.82, 2.24) is 0 Å². The fraction of sp³-hybridized carbons (Fsp3) is 0.333. The van der Waals surface area contributed by atoms with Crippen LogP contribution in [-0.4, -0.2) is 0 Å². The van der Waals surface area contributed by atoms with Crippen molar-refractivity contribution < 1.29 is 0 Å². The molecule has 0 heterocycles. The Morgan fingerprint density at radius 3 is 2.27 bits per heavy atom. The average molecular weight is 200 g/mol. The summed E-state index contributed by atoms with van der Waals surface area (Å²) in [6.07, 6.45) is 9.93. The zero-order valence-electron chi connectivity index (χ0n) is 9.90. The van der Waals surface area contributed by atoms with Crippen molar-refractivity contribution in [2.24, 2.45) is 5.92 Å². The first-order chi connectivity index (χ1) is 7.27. The zero-order valence-corrected chi connectivity index (χ0v) is 9.90. The lowest BCUT2D eigenvalue weighted by molar-refractivity contribution is 0.701. The van der Waals surface area contributed by atoms with E-state index in [0.717, 1.165) is 0 Å². The van der Waals surface area contributed by atoms with Gasteiger partial charge in [0.1, 0.15) is 0 Å². The lowest BCUT2D eigenvalue weighted by Crippen LogP contribution is -1.85. The van der Waals surface area contributed by atoms with E-state index in [1.807, 2.05) is 0 Å². The van der Waals surface area contributed by atoms with Gasteiger partial charge in [-0.15, -0.1) is 0 Å². The molecule has 0 aromatic heterocycles. The molecule has 1 atom stereocenters. The molecule has 1 rings (SSSR count). The van der Waals surface area contributed by atoms with Crippen LogP contribution in [0, 0.1) is 5.92 Å². The molecular weight excluding hydrogens is 180 g/mol. The van der Waals surface area contributed by atoms with Gasteiger partial charge in [-0.2, -0.15) is 0 Å². The van der Waals surface area contributed by atoms with Crippen LogP contribution in [0.5, 0.6) is 0 Å². The lowest BCUT2D eigenvalue weighted by Gasteiger charge is -2.02. The molecular formula is C15H20. The summed E-state index contributed by atoms with van der Waals surface area (Å²) >= 11 is 0. The Morgan fingerprint density at radius 1 is 1.13 bits per heavy atom. The van der Waals surface area contributed by atoms with Crippen LogP contribution in [0.25, 0.3) is 12.2 Å². The van der Waals surface area contributed by atoms with Gasteiger partial charge in [-0.05, 0) is 24.0 Å². The highest BCUT2D eigenvalue weighted by Gasteiger charge is 1.95. The maximum absolute atomic E-state index is 2.28. The highest BCUT2D eigenvalue weighted by atomic mass is 14.0. The first-order valence-electron chi connectivity index (χ1n) is 5.67. The Bertz CT molecular complexity index is 345. The van der Waals surface area contributed by atoms with E-state index in [-0.39, 0.29) is 0 Å². The van der Waals surface area contributed by atoms with Crippen molar-refractivity contribution in [2.75, 3.05) is 0 Å². The lowest BCUT2D eigenvalue weighted by atomic mass is 10.0. The zero-order chi connectivity index (χ0) is 11.1. The van der Waals surface area contributed by atoms with Gasteiger partial charge in [-0.25, -0.2) is 0 Å². The monoisotopic (exact) mass is 200 g/mol. The highest BCUT2D eigenvalue weighted by Crippen LogP contribution is 2.14. The minimum Gasteiger partial charge on any atom is -0.0870 e. The molecule has 0 amide bonds. The predicted octanol–water partition coefficient (Wildman–Crippen LogP) is 4.78. The second kappa shape index (κ2) is 6.23. The van der Waals surface area contributed by atoms with Crippen molar-refractivity contribution in [3.05, 3.63) is 47.5 Å². The van der Waals surface area contributed by atoms with Gasteiger partial charge in [0.15, 0.2) is 0 Å². The average Bonchev–Trinajstić information content (AvgIpc) is 2.28. The first kappa shape index (κ1) is 11.8. The molecule has 0 aliphatic carbocycles. The van der Waals surface area contributed by atoms with E-state index >= 15 is 0 Å². The Morgan fingerprint density at radius 2 is 1.73 bits per heavy atom. The maximum atomic E-state index is 2.28. The van der Waals surface area contributed by atoms with Crippen molar-refractivity contribution in [1.29, 1.82) is 0 Å². The largest absolute Gasteiger partial charge is 0.0870 e. The van der Waals surface area contributed by atoms with Crippen LogP contribution in [-0.2, 0) is 0 Å². The molecule has 0 heteroatoms. The van der Waals surface area contributed by atoms with E-state index in [2.05, 4.69) is 69.3 Å². The molecule has 1 aromatic rings. The van der Waals surface area contributed by atoms with E-state index in [4.69, 9.17) is 0 Å². The summed E-state index contributed by atoms with van der Waals surface area (Å²) in [6.45, 7) is 6.51. The minimum atomic E-state index is 0.656. The van der Waals surface area contributed by atoms with Crippen LogP contribution in [0.1, 0.15) is 38.3 Å². The first-order valence-corrected chi connectivity index (χ1v) is 5.67. The molecule has 0 saturated carbocycles. The fourth-order valence-corrected chi connectivity index (χ4v) is 1.40. The molecule has 1 aromatic carbocycles. The highest BCUT2D eigenvalue weighted by molar-refractivity contribution is 5.65. The Kier molecular flexibility index (Phi) is 4.89. The third-order valence-electron chi connectivity index (χ3n) is 2.59. The van der Waals surface area contributed by atoms with Crippen molar-refractivity contribution in [3.63, 3.8) is 0 Å². The topological polar surface area (TPSA) is 0 Å². The standard InChI is InChI=1S/C15H20/c1-4-8-14-9-6-7-10-15(14)12-11-13(3)5-2/h4,6-13H,5H2,1-3H3/b8-4-,12-11-. The van der Waals surface area contributed by atoms with Gasteiger partial charge in [0.25, 0.3) is 0 Å². The van der Waals surface area contributed by atoms with Gasteiger partial charge in [-0.3, -0.25) is 0 Å². The van der Waals surface area contributed by atoms with Crippen LogP contribution < -0.4 is 0 Å². The number of allylic oxidation sites excluding steroid dienone is 2. The number of benzene rings is 1. The van der Waals surface area contributed by atoms with Gasteiger partial charge in [0.2, 0.25) is 0 Å². The van der Waals surface area contributed by atoms with Crippen molar-refractivity contribution in [3.8, 4) is 0 Å². The fourth-order valence-electron chi connectivity index (χ4n) is 1.40. The van der Waals surface area contributed by atoms with Crippen LogP contribution >= 0.6 is 0 Å². The van der Waals surface area contributed by atoms with Gasteiger partial charge < -0.3 is 0 Å². The van der Waals surface area contributed by atoms with E-state index in [0.29, 0.717) is 5.92 Å². The molecule has 0 nitrogen and oxygen atoms in total. The second-order valence-electron chi connectivity index (χ2n) is 3.87. The van der Waals surface area contributed by atoms with Crippen LogP contribution in [0.4, 0.5) is 0 Å². The van der Waals surface area contributed by atoms with Crippen LogP contribution in [0.3, 0.4) is 0 Å². The summed E-state index contributed by atoms with van der Waals surface area (Å²) in [5, 5.41) is 0. The summed E-state index contributed by atoms with van der Waals surface area (Å²) in [4.78, 5) is 0. The SMILES string of the molecule is C/C=C\c1ccccc1/C=C\C(C)CC. The van der Waals surface area contributed by atoms with Crippen molar-refractivity contribution >= 4 is 12.2 Å². The van der Waals surface area contributed by atoms with Crippen LogP contribution in [0.2, 0.25) is 0 Å². The summed E-state index contributed by atoms with van der Waals surface area (Å²) < 4.78 is 0. The van der Waals surface area contributed by atoms with E-state index in [1.165, 1.54) is 17.5 Å². The molecule has 15 heavy (non-hydrogen) atoms. The summed E-state index contributed by atoms with van der Waals surface area (Å²) in [5.41, 5.74) is 2.59. The Labute approximate surface area is 93.3 Å². The second-order valence-corrected chi connectivity index (χ2v) is 3.87. The third kappa shape index (κ3) is 3.75. The molecule has 0 radical (unpaired) electrons. The Hall–Kier alpha value is -1.30. The summed E-state index contributed by atoms with van der Waals surface area (Å²) in [5.74, 6) is 0.656. The molecule has 0 spiro atoms. The van der Waals surface area contributed by atoms with Gasteiger partial charge in [0, 0.05) is 0 Å². The molecule has 0 aliphatic rings.